The molecular formula is C12H21N5O2. The normalized spacial score (nSPS) is 18.3. The lowest BCUT2D eigenvalue weighted by molar-refractivity contribution is 0.187. The van der Waals surface area contributed by atoms with Crippen LogP contribution in [0.15, 0.2) is 0 Å². The number of anilines is 2. The van der Waals surface area contributed by atoms with Gasteiger partial charge in [-0.1, -0.05) is 6.92 Å². The van der Waals surface area contributed by atoms with Crippen LogP contribution >= 0.6 is 0 Å². The number of hydrogen-bond donors (Lipinski definition) is 2. The predicted molar refractivity (Wildman–Crippen MR) is 72.6 cm³/mol. The Kier molecular flexibility index (Phi) is 5.14. The Hall–Kier alpha value is -1.63. The summed E-state index contributed by atoms with van der Waals surface area (Å²) in [7, 11) is 1.77. The molecule has 1 unspecified atom stereocenters. The van der Waals surface area contributed by atoms with Gasteiger partial charge in [0.25, 0.3) is 0 Å². The first-order valence-corrected chi connectivity index (χ1v) is 6.70. The average molecular weight is 267 g/mol. The molecule has 1 fully saturated rings. The first kappa shape index (κ1) is 13.8. The second-order valence-corrected chi connectivity index (χ2v) is 4.47. The summed E-state index contributed by atoms with van der Waals surface area (Å²) in [6, 6.07) is 0.353. The number of rotatable bonds is 7. The standard InChI is InChI=1S/C12H21N5O2/c1-3-5-19-12-16-10(13-2)15-11(17-12)14-7-9-4-6-18-8-9/h9H,3-8H2,1-2H3,(H2,13,14,15,16,17). The van der Waals surface area contributed by atoms with Gasteiger partial charge in [-0.15, -0.1) is 0 Å². The van der Waals surface area contributed by atoms with Gasteiger partial charge in [0.05, 0.1) is 13.2 Å². The average Bonchev–Trinajstić information content (AvgIpc) is 2.96. The molecule has 1 aliphatic heterocycles. The largest absolute Gasteiger partial charge is 0.463 e. The van der Waals surface area contributed by atoms with Crippen LogP contribution in [0.25, 0.3) is 0 Å². The third kappa shape index (κ3) is 4.20. The Balaban J connectivity index is 1.96. The molecule has 0 radical (unpaired) electrons. The topological polar surface area (TPSA) is 81.2 Å². The lowest BCUT2D eigenvalue weighted by Crippen LogP contribution is -2.17. The first-order valence-electron chi connectivity index (χ1n) is 6.70. The molecule has 0 aliphatic carbocycles. The van der Waals surface area contributed by atoms with Crippen molar-refractivity contribution < 1.29 is 9.47 Å². The molecule has 1 saturated heterocycles. The van der Waals surface area contributed by atoms with Gasteiger partial charge < -0.3 is 20.1 Å². The highest BCUT2D eigenvalue weighted by Gasteiger charge is 2.16. The van der Waals surface area contributed by atoms with Crippen molar-refractivity contribution in [3.63, 3.8) is 0 Å². The van der Waals surface area contributed by atoms with E-state index in [2.05, 4.69) is 25.6 Å². The maximum atomic E-state index is 5.44. The van der Waals surface area contributed by atoms with Gasteiger partial charge in [-0.25, -0.2) is 0 Å². The highest BCUT2D eigenvalue weighted by atomic mass is 16.5. The number of nitrogens with zero attached hydrogens (tertiary/aromatic N) is 3. The minimum Gasteiger partial charge on any atom is -0.463 e. The molecule has 0 bridgehead atoms. The van der Waals surface area contributed by atoms with E-state index < -0.39 is 0 Å². The van der Waals surface area contributed by atoms with Crippen LogP contribution in [0.3, 0.4) is 0 Å². The Labute approximate surface area is 113 Å². The Morgan fingerprint density at radius 1 is 1.32 bits per heavy atom. The van der Waals surface area contributed by atoms with Gasteiger partial charge in [-0.2, -0.15) is 15.0 Å². The van der Waals surface area contributed by atoms with Crippen LogP contribution in [0, 0.1) is 5.92 Å². The van der Waals surface area contributed by atoms with Crippen molar-refractivity contribution in [2.75, 3.05) is 44.0 Å². The van der Waals surface area contributed by atoms with Crippen LogP contribution < -0.4 is 15.4 Å². The zero-order valence-electron chi connectivity index (χ0n) is 11.5. The van der Waals surface area contributed by atoms with Gasteiger partial charge in [-0.3, -0.25) is 0 Å². The van der Waals surface area contributed by atoms with E-state index in [1.165, 1.54) is 0 Å². The van der Waals surface area contributed by atoms with Gasteiger partial charge in [0.15, 0.2) is 0 Å². The first-order chi connectivity index (χ1) is 9.31. The van der Waals surface area contributed by atoms with Crippen molar-refractivity contribution in [1.29, 1.82) is 0 Å². The number of hydrogen-bond acceptors (Lipinski definition) is 7. The molecule has 1 aromatic rings. The SMILES string of the molecule is CCCOc1nc(NC)nc(NCC2CCOC2)n1. The summed E-state index contributed by atoms with van der Waals surface area (Å²) in [5.74, 6) is 1.57. The molecule has 1 aliphatic rings. The van der Waals surface area contributed by atoms with Gasteiger partial charge in [0.2, 0.25) is 11.9 Å². The predicted octanol–water partition coefficient (Wildman–Crippen LogP) is 1.15. The Bertz CT molecular complexity index is 396. The van der Waals surface area contributed by atoms with Gasteiger partial charge in [0.1, 0.15) is 0 Å². The van der Waals surface area contributed by atoms with E-state index in [0.29, 0.717) is 30.4 Å². The number of ether oxygens (including phenoxy) is 2. The second-order valence-electron chi connectivity index (χ2n) is 4.47. The summed E-state index contributed by atoms with van der Waals surface area (Å²) in [4.78, 5) is 12.6. The lowest BCUT2D eigenvalue weighted by Gasteiger charge is -2.11. The molecular weight excluding hydrogens is 246 g/mol. The molecule has 7 nitrogen and oxygen atoms in total. The highest BCUT2D eigenvalue weighted by Crippen LogP contribution is 2.15. The zero-order chi connectivity index (χ0) is 13.5. The molecule has 2 rings (SSSR count). The van der Waals surface area contributed by atoms with Crippen molar-refractivity contribution >= 4 is 11.9 Å². The van der Waals surface area contributed by atoms with Gasteiger partial charge in [0, 0.05) is 26.1 Å². The van der Waals surface area contributed by atoms with Crippen LogP contribution in [0.4, 0.5) is 11.9 Å². The van der Waals surface area contributed by atoms with Gasteiger partial charge in [-0.05, 0) is 12.8 Å². The summed E-state index contributed by atoms with van der Waals surface area (Å²) >= 11 is 0. The van der Waals surface area contributed by atoms with E-state index in [-0.39, 0.29) is 0 Å². The smallest absolute Gasteiger partial charge is 0.323 e. The van der Waals surface area contributed by atoms with Crippen molar-refractivity contribution in [3.8, 4) is 6.01 Å². The van der Waals surface area contributed by atoms with Crippen LogP contribution in [0.1, 0.15) is 19.8 Å². The lowest BCUT2D eigenvalue weighted by atomic mass is 10.1. The molecule has 0 spiro atoms. The molecule has 2 heterocycles. The van der Waals surface area contributed by atoms with E-state index >= 15 is 0 Å². The van der Waals surface area contributed by atoms with Crippen molar-refractivity contribution in [2.45, 2.75) is 19.8 Å². The summed E-state index contributed by atoms with van der Waals surface area (Å²) in [5, 5.41) is 6.12. The molecule has 0 saturated carbocycles. The van der Waals surface area contributed by atoms with E-state index in [1.54, 1.807) is 7.05 Å². The maximum Gasteiger partial charge on any atom is 0.323 e. The van der Waals surface area contributed by atoms with E-state index in [1.807, 2.05) is 6.92 Å². The third-order valence-corrected chi connectivity index (χ3v) is 2.85. The monoisotopic (exact) mass is 267 g/mol. The highest BCUT2D eigenvalue weighted by molar-refractivity contribution is 5.35. The molecule has 0 amide bonds. The second kappa shape index (κ2) is 7.08. The van der Waals surface area contributed by atoms with E-state index in [9.17, 15) is 0 Å². The fourth-order valence-electron chi connectivity index (χ4n) is 1.79. The van der Waals surface area contributed by atoms with E-state index in [4.69, 9.17) is 9.47 Å². The summed E-state index contributed by atoms with van der Waals surface area (Å²) in [5.41, 5.74) is 0. The quantitative estimate of drug-likeness (QED) is 0.767. The molecule has 1 atom stereocenters. The Morgan fingerprint density at radius 3 is 2.84 bits per heavy atom. The summed E-state index contributed by atoms with van der Waals surface area (Å²) in [6.45, 7) is 5.09. The molecule has 19 heavy (non-hydrogen) atoms. The minimum absolute atomic E-state index is 0.353. The third-order valence-electron chi connectivity index (χ3n) is 2.85. The fraction of sp³-hybridized carbons (Fsp3) is 0.750. The molecule has 106 valence electrons. The zero-order valence-corrected chi connectivity index (χ0v) is 11.5. The molecule has 7 heteroatoms. The Morgan fingerprint density at radius 2 is 2.16 bits per heavy atom. The van der Waals surface area contributed by atoms with Crippen LogP contribution in [-0.2, 0) is 4.74 Å². The van der Waals surface area contributed by atoms with Crippen molar-refractivity contribution in [1.82, 2.24) is 15.0 Å². The number of aromatic nitrogens is 3. The van der Waals surface area contributed by atoms with Crippen molar-refractivity contribution in [3.05, 3.63) is 0 Å². The summed E-state index contributed by atoms with van der Waals surface area (Å²) < 4.78 is 10.8. The van der Waals surface area contributed by atoms with Crippen molar-refractivity contribution in [2.24, 2.45) is 5.92 Å². The van der Waals surface area contributed by atoms with E-state index in [0.717, 1.165) is 32.6 Å². The molecule has 2 N–H and O–H groups in total. The van der Waals surface area contributed by atoms with Gasteiger partial charge >= 0.3 is 6.01 Å². The van der Waals surface area contributed by atoms with Crippen LogP contribution in [-0.4, -0.2) is 48.4 Å². The summed E-state index contributed by atoms with van der Waals surface area (Å²) in [6.07, 6.45) is 2.00. The minimum atomic E-state index is 0.353. The maximum absolute atomic E-state index is 5.44. The number of nitrogens with one attached hydrogen (secondary N) is 2. The fourth-order valence-corrected chi connectivity index (χ4v) is 1.79. The molecule has 1 aromatic heterocycles. The molecule has 0 aromatic carbocycles. The van der Waals surface area contributed by atoms with Crippen LogP contribution in [0.2, 0.25) is 0 Å². The van der Waals surface area contributed by atoms with Crippen LogP contribution in [0.5, 0.6) is 6.01 Å².